The number of anilines is 1. The van der Waals surface area contributed by atoms with Gasteiger partial charge in [-0.25, -0.2) is 9.98 Å². The second-order valence-corrected chi connectivity index (χ2v) is 7.51. The molecule has 5 N–H and O–H groups in total. The summed E-state index contributed by atoms with van der Waals surface area (Å²) in [5.41, 5.74) is 14.3. The van der Waals surface area contributed by atoms with Crippen molar-refractivity contribution in [3.8, 4) is 17.2 Å². The van der Waals surface area contributed by atoms with Crippen LogP contribution in [-0.4, -0.2) is 27.7 Å². The summed E-state index contributed by atoms with van der Waals surface area (Å²) in [5.74, 6) is 0.930. The van der Waals surface area contributed by atoms with E-state index < -0.39 is 5.66 Å². The highest BCUT2D eigenvalue weighted by molar-refractivity contribution is 6.06. The second kappa shape index (κ2) is 6.51. The van der Waals surface area contributed by atoms with Gasteiger partial charge in [0, 0.05) is 5.69 Å². The predicted octanol–water partition coefficient (Wildman–Crippen LogP) is 3.31. The summed E-state index contributed by atoms with van der Waals surface area (Å²) < 4.78 is 5.86. The Morgan fingerprint density at radius 3 is 2.62 bits per heavy atom. The molecule has 29 heavy (non-hydrogen) atoms. The SMILES string of the molecule is NC1=NC2(CCCCC2)N(c2ccc(O)c(-c3nc4ccccc4o3)c2)C(N)=N1. The first-order chi connectivity index (χ1) is 14.1. The molecule has 0 atom stereocenters. The molecule has 1 saturated carbocycles. The van der Waals surface area contributed by atoms with E-state index in [1.54, 1.807) is 12.1 Å². The normalized spacial score (nSPS) is 18.7. The quantitative estimate of drug-likeness (QED) is 0.616. The number of rotatable bonds is 2. The first kappa shape index (κ1) is 17.5. The summed E-state index contributed by atoms with van der Waals surface area (Å²) in [5, 5.41) is 10.5. The number of nitrogens with zero attached hydrogens (tertiary/aromatic N) is 4. The number of fused-ring (bicyclic) bond motifs is 1. The zero-order chi connectivity index (χ0) is 20.0. The summed E-state index contributed by atoms with van der Waals surface area (Å²) in [6, 6.07) is 12.7. The molecule has 0 amide bonds. The van der Waals surface area contributed by atoms with Crippen LogP contribution in [0.5, 0.6) is 5.75 Å². The third-order valence-corrected chi connectivity index (χ3v) is 5.61. The zero-order valence-corrected chi connectivity index (χ0v) is 15.9. The molecule has 1 aliphatic heterocycles. The van der Waals surface area contributed by atoms with Crippen molar-refractivity contribution >= 4 is 28.7 Å². The molecule has 1 spiro atoms. The summed E-state index contributed by atoms with van der Waals surface area (Å²) in [4.78, 5) is 15.3. The first-order valence-corrected chi connectivity index (χ1v) is 9.74. The summed E-state index contributed by atoms with van der Waals surface area (Å²) in [6.45, 7) is 0. The van der Waals surface area contributed by atoms with Crippen LogP contribution in [-0.2, 0) is 0 Å². The van der Waals surface area contributed by atoms with Crippen molar-refractivity contribution in [3.05, 3.63) is 42.5 Å². The molecule has 1 aromatic heterocycles. The van der Waals surface area contributed by atoms with E-state index in [9.17, 15) is 5.11 Å². The lowest BCUT2D eigenvalue weighted by Gasteiger charge is -2.45. The number of aromatic hydroxyl groups is 1. The van der Waals surface area contributed by atoms with Crippen LogP contribution in [0.25, 0.3) is 22.6 Å². The van der Waals surface area contributed by atoms with E-state index in [-0.39, 0.29) is 11.7 Å². The Morgan fingerprint density at radius 1 is 1.03 bits per heavy atom. The smallest absolute Gasteiger partial charge is 0.231 e. The lowest BCUT2D eigenvalue weighted by atomic mass is 9.87. The highest BCUT2D eigenvalue weighted by atomic mass is 16.3. The largest absolute Gasteiger partial charge is 0.507 e. The highest BCUT2D eigenvalue weighted by Crippen LogP contribution is 2.42. The van der Waals surface area contributed by atoms with Crippen molar-refractivity contribution in [2.45, 2.75) is 37.8 Å². The van der Waals surface area contributed by atoms with Crippen molar-refractivity contribution in [2.24, 2.45) is 21.5 Å². The molecule has 2 aliphatic rings. The van der Waals surface area contributed by atoms with Gasteiger partial charge in [0.25, 0.3) is 0 Å². The highest BCUT2D eigenvalue weighted by Gasteiger charge is 2.42. The van der Waals surface area contributed by atoms with Gasteiger partial charge >= 0.3 is 0 Å². The molecular formula is C21H22N6O2. The van der Waals surface area contributed by atoms with E-state index in [1.807, 2.05) is 35.2 Å². The molecule has 0 saturated heterocycles. The number of aliphatic imine (C=N–C) groups is 2. The van der Waals surface area contributed by atoms with Crippen LogP contribution in [0.1, 0.15) is 32.1 Å². The Kier molecular flexibility index (Phi) is 3.94. The van der Waals surface area contributed by atoms with Gasteiger partial charge < -0.3 is 21.0 Å². The molecule has 8 heteroatoms. The van der Waals surface area contributed by atoms with Crippen LogP contribution in [0.4, 0.5) is 5.69 Å². The fourth-order valence-corrected chi connectivity index (χ4v) is 4.32. The van der Waals surface area contributed by atoms with Crippen molar-refractivity contribution < 1.29 is 9.52 Å². The first-order valence-electron chi connectivity index (χ1n) is 9.74. The van der Waals surface area contributed by atoms with E-state index >= 15 is 0 Å². The van der Waals surface area contributed by atoms with Crippen molar-refractivity contribution in [1.29, 1.82) is 0 Å². The summed E-state index contributed by atoms with van der Waals surface area (Å²) in [7, 11) is 0. The van der Waals surface area contributed by atoms with E-state index in [1.165, 1.54) is 0 Å². The summed E-state index contributed by atoms with van der Waals surface area (Å²) >= 11 is 0. The standard InChI is InChI=1S/C21H22N6O2/c22-19-25-20(23)27(21(26-19)10-4-1-5-11-21)13-8-9-16(28)14(12-13)18-24-15-6-2-3-7-17(15)29-18/h2-3,6-9,12,28H,1,4-5,10-11H2,(H4,22,23,25,26). The number of nitrogens with two attached hydrogens (primary N) is 2. The minimum atomic E-state index is -0.552. The Labute approximate surface area is 167 Å². The third kappa shape index (κ3) is 2.88. The minimum Gasteiger partial charge on any atom is -0.507 e. The second-order valence-electron chi connectivity index (χ2n) is 7.51. The molecule has 0 bridgehead atoms. The van der Waals surface area contributed by atoms with Crippen LogP contribution < -0.4 is 16.4 Å². The van der Waals surface area contributed by atoms with Gasteiger partial charge in [-0.15, -0.1) is 0 Å². The number of para-hydroxylation sites is 2. The number of guanidine groups is 2. The molecule has 148 valence electrons. The molecule has 8 nitrogen and oxygen atoms in total. The maximum Gasteiger partial charge on any atom is 0.231 e. The van der Waals surface area contributed by atoms with Gasteiger partial charge in [-0.2, -0.15) is 4.99 Å². The van der Waals surface area contributed by atoms with Crippen LogP contribution in [0.3, 0.4) is 0 Å². The topological polar surface area (TPSA) is 126 Å². The van der Waals surface area contributed by atoms with E-state index in [4.69, 9.17) is 20.9 Å². The fraction of sp³-hybridized carbons (Fsp3) is 0.286. The number of phenols is 1. The van der Waals surface area contributed by atoms with Gasteiger partial charge in [0.05, 0.1) is 5.56 Å². The average Bonchev–Trinajstić information content (AvgIpc) is 3.13. The van der Waals surface area contributed by atoms with E-state index in [0.717, 1.165) is 43.3 Å². The molecule has 5 rings (SSSR count). The number of aromatic nitrogens is 1. The number of hydrogen-bond donors (Lipinski definition) is 3. The Morgan fingerprint density at radius 2 is 1.83 bits per heavy atom. The van der Waals surface area contributed by atoms with Crippen molar-refractivity contribution in [3.63, 3.8) is 0 Å². The minimum absolute atomic E-state index is 0.0773. The van der Waals surface area contributed by atoms with Gasteiger partial charge in [-0.3, -0.25) is 4.90 Å². The van der Waals surface area contributed by atoms with Crippen molar-refractivity contribution in [1.82, 2.24) is 4.98 Å². The lowest BCUT2D eigenvalue weighted by Crippen LogP contribution is -2.58. The molecular weight excluding hydrogens is 368 g/mol. The number of hydrogen-bond acceptors (Lipinski definition) is 8. The molecule has 3 aromatic rings. The Balaban J connectivity index is 1.62. The Hall–Kier alpha value is -3.55. The maximum atomic E-state index is 10.5. The van der Waals surface area contributed by atoms with Gasteiger partial charge in [-0.05, 0) is 56.0 Å². The van der Waals surface area contributed by atoms with Gasteiger partial charge in [-0.1, -0.05) is 18.6 Å². The Bertz CT molecular complexity index is 1110. The maximum absolute atomic E-state index is 10.5. The molecule has 1 aliphatic carbocycles. The number of benzene rings is 2. The van der Waals surface area contributed by atoms with E-state index in [2.05, 4.69) is 9.98 Å². The molecule has 2 aromatic carbocycles. The summed E-state index contributed by atoms with van der Waals surface area (Å²) in [6.07, 6.45) is 4.91. The molecule has 1 fully saturated rings. The third-order valence-electron chi connectivity index (χ3n) is 5.61. The monoisotopic (exact) mass is 390 g/mol. The zero-order valence-electron chi connectivity index (χ0n) is 15.9. The van der Waals surface area contributed by atoms with Gasteiger partial charge in [0.1, 0.15) is 16.9 Å². The fourth-order valence-electron chi connectivity index (χ4n) is 4.32. The number of oxazole rings is 1. The van der Waals surface area contributed by atoms with Crippen LogP contribution in [0, 0.1) is 0 Å². The van der Waals surface area contributed by atoms with E-state index in [0.29, 0.717) is 23.0 Å². The van der Waals surface area contributed by atoms with Crippen LogP contribution >= 0.6 is 0 Å². The average molecular weight is 390 g/mol. The van der Waals surface area contributed by atoms with Crippen molar-refractivity contribution in [2.75, 3.05) is 4.90 Å². The number of phenolic OH excluding ortho intramolecular Hbond substituents is 1. The van der Waals surface area contributed by atoms with Crippen LogP contribution in [0.15, 0.2) is 56.9 Å². The van der Waals surface area contributed by atoms with Gasteiger partial charge in [0.2, 0.25) is 17.8 Å². The molecule has 0 unspecified atom stereocenters. The van der Waals surface area contributed by atoms with Gasteiger partial charge in [0.15, 0.2) is 5.58 Å². The molecule has 0 radical (unpaired) electrons. The predicted molar refractivity (Wildman–Crippen MR) is 113 cm³/mol. The van der Waals surface area contributed by atoms with Crippen LogP contribution in [0.2, 0.25) is 0 Å². The molecule has 2 heterocycles. The lowest BCUT2D eigenvalue weighted by molar-refractivity contribution is 0.305.